The SMILES string of the molecule is CC(C)c1nccn1Cc1cccc(NC(=O)c2ccc(N(C)C)c(F)c2)c1. The van der Waals surface area contributed by atoms with Crippen LogP contribution in [0.3, 0.4) is 0 Å². The predicted molar refractivity (Wildman–Crippen MR) is 111 cm³/mol. The number of imidazole rings is 1. The zero-order valence-corrected chi connectivity index (χ0v) is 16.6. The molecular weight excluding hydrogens is 355 g/mol. The Hall–Kier alpha value is -3.15. The first-order valence-corrected chi connectivity index (χ1v) is 9.23. The Morgan fingerprint density at radius 2 is 2.00 bits per heavy atom. The number of nitrogens with zero attached hydrogens (tertiary/aromatic N) is 3. The van der Waals surface area contributed by atoms with Crippen LogP contribution in [0.15, 0.2) is 54.9 Å². The summed E-state index contributed by atoms with van der Waals surface area (Å²) in [6.45, 7) is 4.88. The van der Waals surface area contributed by atoms with Crippen molar-refractivity contribution in [2.24, 2.45) is 0 Å². The number of aromatic nitrogens is 2. The van der Waals surface area contributed by atoms with Crippen LogP contribution in [0, 0.1) is 5.82 Å². The molecule has 0 radical (unpaired) electrons. The van der Waals surface area contributed by atoms with Gasteiger partial charge < -0.3 is 14.8 Å². The molecule has 0 aliphatic rings. The molecule has 146 valence electrons. The number of amides is 1. The molecular formula is C22H25FN4O. The lowest BCUT2D eigenvalue weighted by atomic mass is 10.1. The van der Waals surface area contributed by atoms with Crippen LogP contribution in [0.1, 0.15) is 41.5 Å². The summed E-state index contributed by atoms with van der Waals surface area (Å²) < 4.78 is 16.2. The van der Waals surface area contributed by atoms with E-state index in [2.05, 4.69) is 28.7 Å². The average molecular weight is 380 g/mol. The van der Waals surface area contributed by atoms with Crippen molar-refractivity contribution in [2.45, 2.75) is 26.3 Å². The van der Waals surface area contributed by atoms with E-state index >= 15 is 0 Å². The lowest BCUT2D eigenvalue weighted by Gasteiger charge is -2.14. The molecule has 0 saturated carbocycles. The van der Waals surface area contributed by atoms with E-state index in [1.165, 1.54) is 6.07 Å². The topological polar surface area (TPSA) is 50.2 Å². The lowest BCUT2D eigenvalue weighted by molar-refractivity contribution is 0.102. The molecule has 0 spiro atoms. The summed E-state index contributed by atoms with van der Waals surface area (Å²) in [6.07, 6.45) is 3.75. The molecule has 3 aromatic rings. The molecule has 1 aromatic heterocycles. The van der Waals surface area contributed by atoms with Gasteiger partial charge in [0.1, 0.15) is 11.6 Å². The van der Waals surface area contributed by atoms with Crippen LogP contribution in [0.5, 0.6) is 0 Å². The normalized spacial score (nSPS) is 10.9. The highest BCUT2D eigenvalue weighted by Crippen LogP contribution is 2.20. The van der Waals surface area contributed by atoms with E-state index in [4.69, 9.17) is 0 Å². The molecule has 6 heteroatoms. The molecule has 5 nitrogen and oxygen atoms in total. The van der Waals surface area contributed by atoms with E-state index in [1.807, 2.05) is 30.5 Å². The third kappa shape index (κ3) is 4.39. The summed E-state index contributed by atoms with van der Waals surface area (Å²) in [4.78, 5) is 18.6. The van der Waals surface area contributed by atoms with Crippen molar-refractivity contribution in [3.63, 3.8) is 0 Å². The van der Waals surface area contributed by atoms with Crippen molar-refractivity contribution in [1.29, 1.82) is 0 Å². The molecule has 28 heavy (non-hydrogen) atoms. The molecule has 0 unspecified atom stereocenters. The van der Waals surface area contributed by atoms with Crippen molar-refractivity contribution in [1.82, 2.24) is 9.55 Å². The molecule has 2 aromatic carbocycles. The average Bonchev–Trinajstić information content (AvgIpc) is 3.10. The van der Waals surface area contributed by atoms with E-state index in [-0.39, 0.29) is 11.5 Å². The van der Waals surface area contributed by atoms with Crippen LogP contribution in [0.25, 0.3) is 0 Å². The second kappa shape index (κ2) is 8.25. The Balaban J connectivity index is 1.75. The number of anilines is 2. The second-order valence-corrected chi connectivity index (χ2v) is 7.28. The Labute approximate surface area is 164 Å². The number of rotatable bonds is 6. The van der Waals surface area contributed by atoms with Gasteiger partial charge in [-0.15, -0.1) is 0 Å². The number of carbonyl (C=O) groups is 1. The smallest absolute Gasteiger partial charge is 0.255 e. The molecule has 0 bridgehead atoms. The van der Waals surface area contributed by atoms with E-state index in [0.29, 0.717) is 23.8 Å². The van der Waals surface area contributed by atoms with Gasteiger partial charge in [-0.05, 0) is 35.9 Å². The van der Waals surface area contributed by atoms with Crippen LogP contribution >= 0.6 is 0 Å². The Morgan fingerprint density at radius 1 is 1.21 bits per heavy atom. The molecule has 0 aliphatic heterocycles. The Morgan fingerprint density at radius 3 is 2.68 bits per heavy atom. The summed E-state index contributed by atoms with van der Waals surface area (Å²) in [5, 5.41) is 2.85. The largest absolute Gasteiger partial charge is 0.375 e. The van der Waals surface area contributed by atoms with E-state index in [1.54, 1.807) is 37.3 Å². The van der Waals surface area contributed by atoms with Gasteiger partial charge in [0.2, 0.25) is 0 Å². The third-order valence-corrected chi connectivity index (χ3v) is 4.49. The number of halogens is 1. The van der Waals surface area contributed by atoms with Gasteiger partial charge in [-0.3, -0.25) is 4.79 Å². The van der Waals surface area contributed by atoms with Crippen molar-refractivity contribution in [3.8, 4) is 0 Å². The summed E-state index contributed by atoms with van der Waals surface area (Å²) >= 11 is 0. The van der Waals surface area contributed by atoms with Crippen LogP contribution in [-0.4, -0.2) is 29.6 Å². The molecule has 1 N–H and O–H groups in total. The maximum Gasteiger partial charge on any atom is 0.255 e. The van der Waals surface area contributed by atoms with Crippen LogP contribution in [0.2, 0.25) is 0 Å². The standard InChI is InChI=1S/C22H25FN4O/c1-15(2)21-24-10-11-27(21)14-16-6-5-7-18(12-16)25-22(28)17-8-9-20(26(3)4)19(23)13-17/h5-13,15H,14H2,1-4H3,(H,25,28). The summed E-state index contributed by atoms with van der Waals surface area (Å²) in [5.41, 5.74) is 2.45. The molecule has 3 rings (SSSR count). The lowest BCUT2D eigenvalue weighted by Crippen LogP contribution is -2.15. The van der Waals surface area contributed by atoms with E-state index in [0.717, 1.165) is 11.4 Å². The van der Waals surface area contributed by atoms with Gasteiger partial charge in [0.05, 0.1) is 5.69 Å². The minimum Gasteiger partial charge on any atom is -0.375 e. The van der Waals surface area contributed by atoms with Gasteiger partial charge in [-0.2, -0.15) is 0 Å². The van der Waals surface area contributed by atoms with Gasteiger partial charge >= 0.3 is 0 Å². The molecule has 0 saturated heterocycles. The fraction of sp³-hybridized carbons (Fsp3) is 0.273. The van der Waals surface area contributed by atoms with Gasteiger partial charge in [-0.25, -0.2) is 9.37 Å². The maximum absolute atomic E-state index is 14.1. The molecule has 1 amide bonds. The first-order valence-electron chi connectivity index (χ1n) is 9.23. The van der Waals surface area contributed by atoms with Gasteiger partial charge in [-0.1, -0.05) is 26.0 Å². The fourth-order valence-electron chi connectivity index (χ4n) is 3.11. The number of nitrogens with one attached hydrogen (secondary N) is 1. The zero-order chi connectivity index (χ0) is 20.3. The highest BCUT2D eigenvalue weighted by Gasteiger charge is 2.12. The number of carbonyl (C=O) groups excluding carboxylic acids is 1. The van der Waals surface area contributed by atoms with Crippen molar-refractivity contribution in [2.75, 3.05) is 24.3 Å². The molecule has 1 heterocycles. The third-order valence-electron chi connectivity index (χ3n) is 4.49. The van der Waals surface area contributed by atoms with Crippen molar-refractivity contribution in [3.05, 3.63) is 77.6 Å². The number of hydrogen-bond donors (Lipinski definition) is 1. The quantitative estimate of drug-likeness (QED) is 0.684. The Kier molecular flexibility index (Phi) is 5.78. The Bertz CT molecular complexity index is 978. The molecule has 0 fully saturated rings. The van der Waals surface area contributed by atoms with E-state index in [9.17, 15) is 9.18 Å². The summed E-state index contributed by atoms with van der Waals surface area (Å²) in [6, 6.07) is 12.1. The minimum atomic E-state index is -0.423. The second-order valence-electron chi connectivity index (χ2n) is 7.28. The van der Waals surface area contributed by atoms with E-state index < -0.39 is 5.82 Å². The molecule has 0 atom stereocenters. The summed E-state index contributed by atoms with van der Waals surface area (Å²) in [5.74, 6) is 0.586. The van der Waals surface area contributed by atoms with Gasteiger partial charge in [0.25, 0.3) is 5.91 Å². The highest BCUT2D eigenvalue weighted by molar-refractivity contribution is 6.04. The maximum atomic E-state index is 14.1. The number of hydrogen-bond acceptors (Lipinski definition) is 3. The minimum absolute atomic E-state index is 0.283. The first-order chi connectivity index (χ1) is 13.3. The zero-order valence-electron chi connectivity index (χ0n) is 16.6. The van der Waals surface area contributed by atoms with Crippen LogP contribution in [0.4, 0.5) is 15.8 Å². The summed E-state index contributed by atoms with van der Waals surface area (Å²) in [7, 11) is 3.52. The highest BCUT2D eigenvalue weighted by atomic mass is 19.1. The van der Waals surface area contributed by atoms with Crippen molar-refractivity contribution < 1.29 is 9.18 Å². The van der Waals surface area contributed by atoms with Crippen LogP contribution < -0.4 is 10.2 Å². The first kappa shape index (κ1) is 19.6. The van der Waals surface area contributed by atoms with Crippen LogP contribution in [-0.2, 0) is 6.54 Å². The molecule has 0 aliphatic carbocycles. The van der Waals surface area contributed by atoms with Gasteiger partial charge in [0.15, 0.2) is 0 Å². The fourth-order valence-corrected chi connectivity index (χ4v) is 3.11. The number of benzene rings is 2. The van der Waals surface area contributed by atoms with Gasteiger partial charge in [0, 0.05) is 50.2 Å². The monoisotopic (exact) mass is 380 g/mol. The van der Waals surface area contributed by atoms with Crippen molar-refractivity contribution >= 4 is 17.3 Å². The predicted octanol–water partition coefficient (Wildman–Crippen LogP) is 4.51.